The molecule has 0 radical (unpaired) electrons. The minimum Gasteiger partial charge on any atom is -0.464 e. The van der Waals surface area contributed by atoms with E-state index in [9.17, 15) is 14.4 Å². The molecule has 3 rings (SSSR count). The number of anilines is 1. The van der Waals surface area contributed by atoms with Gasteiger partial charge in [-0.05, 0) is 36.2 Å². The summed E-state index contributed by atoms with van der Waals surface area (Å²) in [5.41, 5.74) is 1.21. The summed E-state index contributed by atoms with van der Waals surface area (Å²) in [4.78, 5) is 36.8. The molecule has 0 spiro atoms. The third-order valence-electron chi connectivity index (χ3n) is 4.19. The second-order valence-corrected chi connectivity index (χ2v) is 6.49. The van der Waals surface area contributed by atoms with Crippen molar-refractivity contribution < 1.29 is 23.5 Å². The van der Waals surface area contributed by atoms with Crippen LogP contribution in [0, 0.1) is 5.92 Å². The van der Waals surface area contributed by atoms with Gasteiger partial charge in [0.25, 0.3) is 5.91 Å². The molecule has 0 saturated heterocycles. The Bertz CT molecular complexity index is 1010. The number of nitrogens with zero attached hydrogens (tertiary/aromatic N) is 1. The molecule has 2 aromatic heterocycles. The molecule has 9 nitrogen and oxygen atoms in total. The smallest absolute Gasteiger partial charge is 0.359 e. The van der Waals surface area contributed by atoms with Crippen LogP contribution in [0.5, 0.6) is 0 Å². The lowest BCUT2D eigenvalue weighted by atomic mass is 10.0. The topological polar surface area (TPSA) is 126 Å². The lowest BCUT2D eigenvalue weighted by Gasteiger charge is -2.21. The number of rotatable bonds is 6. The Labute approximate surface area is 160 Å². The highest BCUT2D eigenvalue weighted by Gasteiger charge is 2.26. The van der Waals surface area contributed by atoms with Crippen LogP contribution >= 0.6 is 0 Å². The first-order chi connectivity index (χ1) is 13.4. The van der Waals surface area contributed by atoms with Gasteiger partial charge in [0.2, 0.25) is 5.91 Å². The molecule has 9 heteroatoms. The molecule has 2 amide bonds. The molecule has 28 heavy (non-hydrogen) atoms. The summed E-state index contributed by atoms with van der Waals surface area (Å²) in [6.07, 6.45) is 1.39. The second-order valence-electron chi connectivity index (χ2n) is 6.49. The monoisotopic (exact) mass is 384 g/mol. The number of hydrogen-bond acceptors (Lipinski definition) is 6. The van der Waals surface area contributed by atoms with Crippen molar-refractivity contribution in [3.8, 4) is 0 Å². The first kappa shape index (κ1) is 19.2. The van der Waals surface area contributed by atoms with E-state index in [1.807, 2.05) is 13.8 Å². The van der Waals surface area contributed by atoms with Crippen LogP contribution < -0.4 is 10.6 Å². The normalized spacial score (nSPS) is 12.0. The van der Waals surface area contributed by atoms with E-state index < -0.39 is 23.8 Å². The van der Waals surface area contributed by atoms with Crippen LogP contribution in [0.4, 0.5) is 5.69 Å². The van der Waals surface area contributed by atoms with Crippen LogP contribution in [0.3, 0.4) is 0 Å². The number of ether oxygens (including phenoxy) is 1. The summed E-state index contributed by atoms with van der Waals surface area (Å²) in [5.74, 6) is -1.49. The van der Waals surface area contributed by atoms with E-state index in [0.29, 0.717) is 16.6 Å². The van der Waals surface area contributed by atoms with Crippen LogP contribution in [0.15, 0.2) is 41.0 Å². The zero-order valence-corrected chi connectivity index (χ0v) is 15.6. The maximum Gasteiger partial charge on any atom is 0.359 e. The number of H-pyrrole nitrogens is 1. The van der Waals surface area contributed by atoms with E-state index in [1.54, 1.807) is 24.3 Å². The number of nitrogens with one attached hydrogen (secondary N) is 3. The second kappa shape index (κ2) is 7.95. The number of benzene rings is 1. The van der Waals surface area contributed by atoms with Gasteiger partial charge in [0.05, 0.1) is 18.9 Å². The van der Waals surface area contributed by atoms with Crippen molar-refractivity contribution in [3.63, 3.8) is 0 Å². The van der Waals surface area contributed by atoms with Gasteiger partial charge in [0, 0.05) is 11.1 Å². The molecule has 0 aliphatic carbocycles. The maximum atomic E-state index is 12.7. The molecule has 1 aromatic carbocycles. The third-order valence-corrected chi connectivity index (χ3v) is 4.19. The molecule has 3 N–H and O–H groups in total. The van der Waals surface area contributed by atoms with Gasteiger partial charge in [-0.3, -0.25) is 14.7 Å². The Kier molecular flexibility index (Phi) is 5.44. The average Bonchev–Trinajstić information content (AvgIpc) is 3.34. The number of fused-ring (bicyclic) bond motifs is 1. The van der Waals surface area contributed by atoms with Gasteiger partial charge in [-0.25, -0.2) is 4.79 Å². The van der Waals surface area contributed by atoms with E-state index >= 15 is 0 Å². The van der Waals surface area contributed by atoms with E-state index in [-0.39, 0.29) is 17.4 Å². The molecule has 0 fully saturated rings. The quantitative estimate of drug-likeness (QED) is 0.560. The zero-order valence-electron chi connectivity index (χ0n) is 15.6. The van der Waals surface area contributed by atoms with Crippen LogP contribution in [0.2, 0.25) is 0 Å². The predicted octanol–water partition coefficient (Wildman–Crippen LogP) is 2.34. The lowest BCUT2D eigenvalue weighted by molar-refractivity contribution is -0.118. The third kappa shape index (κ3) is 3.88. The van der Waals surface area contributed by atoms with Gasteiger partial charge in [0.1, 0.15) is 6.04 Å². The Balaban J connectivity index is 1.79. The molecule has 0 saturated carbocycles. The first-order valence-corrected chi connectivity index (χ1v) is 8.62. The number of carbonyl (C=O) groups excluding carboxylic acids is 3. The lowest BCUT2D eigenvalue weighted by Crippen LogP contribution is -2.47. The number of esters is 1. The first-order valence-electron chi connectivity index (χ1n) is 8.62. The van der Waals surface area contributed by atoms with Gasteiger partial charge in [-0.1, -0.05) is 13.8 Å². The fraction of sp³-hybridized carbons (Fsp3) is 0.263. The summed E-state index contributed by atoms with van der Waals surface area (Å²) in [7, 11) is 1.27. The fourth-order valence-electron chi connectivity index (χ4n) is 2.72. The number of furan rings is 1. The minimum absolute atomic E-state index is 0.125. The molecule has 2 heterocycles. The molecule has 0 aliphatic rings. The van der Waals surface area contributed by atoms with Crippen molar-refractivity contribution in [2.45, 2.75) is 19.9 Å². The van der Waals surface area contributed by atoms with Crippen molar-refractivity contribution >= 4 is 34.4 Å². The molecule has 0 unspecified atom stereocenters. The van der Waals surface area contributed by atoms with Crippen LogP contribution in [0.1, 0.15) is 34.9 Å². The molecular weight excluding hydrogens is 364 g/mol. The molecule has 1 atom stereocenters. The van der Waals surface area contributed by atoms with Crippen molar-refractivity contribution in [2.24, 2.45) is 5.92 Å². The molecule has 146 valence electrons. The zero-order chi connectivity index (χ0) is 20.3. The highest BCUT2D eigenvalue weighted by Crippen LogP contribution is 2.22. The molecular formula is C19H20N4O5. The Morgan fingerprint density at radius 3 is 2.64 bits per heavy atom. The molecule has 3 aromatic rings. The van der Waals surface area contributed by atoms with Gasteiger partial charge in [0.15, 0.2) is 11.5 Å². The molecule has 0 bridgehead atoms. The average molecular weight is 384 g/mol. The van der Waals surface area contributed by atoms with E-state index in [2.05, 4.69) is 20.8 Å². The number of amides is 2. The highest BCUT2D eigenvalue weighted by atomic mass is 16.5. The van der Waals surface area contributed by atoms with Crippen LogP contribution in [0.25, 0.3) is 10.9 Å². The SMILES string of the molecule is COC(=O)c1n[nH]c2ccc(NC(=O)[C@H](NC(=O)c3ccco3)C(C)C)cc12. The van der Waals surface area contributed by atoms with Crippen molar-refractivity contribution in [1.29, 1.82) is 0 Å². The standard InChI is InChI=1S/C19H20N4O5/c1-10(2)15(21-17(24)14-5-4-8-28-14)18(25)20-11-6-7-13-12(9-11)16(23-22-13)19(26)27-3/h4-10,15H,1-3H3,(H,20,25)(H,21,24)(H,22,23)/t15-/m1/s1. The predicted molar refractivity (Wildman–Crippen MR) is 101 cm³/mol. The summed E-state index contributed by atoms with van der Waals surface area (Å²) in [6, 6.07) is 7.32. The van der Waals surface area contributed by atoms with E-state index in [1.165, 1.54) is 19.4 Å². The van der Waals surface area contributed by atoms with Gasteiger partial charge >= 0.3 is 5.97 Å². The largest absolute Gasteiger partial charge is 0.464 e. The minimum atomic E-state index is -0.780. The summed E-state index contributed by atoms with van der Waals surface area (Å²) >= 11 is 0. The van der Waals surface area contributed by atoms with Gasteiger partial charge in [-0.2, -0.15) is 5.10 Å². The van der Waals surface area contributed by atoms with Crippen LogP contribution in [-0.2, 0) is 9.53 Å². The summed E-state index contributed by atoms with van der Waals surface area (Å²) in [6.45, 7) is 3.64. The van der Waals surface area contributed by atoms with E-state index in [0.717, 1.165) is 0 Å². The van der Waals surface area contributed by atoms with Gasteiger partial charge in [-0.15, -0.1) is 0 Å². The maximum absolute atomic E-state index is 12.7. The number of methoxy groups -OCH3 is 1. The Morgan fingerprint density at radius 2 is 2.00 bits per heavy atom. The number of carbonyl (C=O) groups is 3. The van der Waals surface area contributed by atoms with Gasteiger partial charge < -0.3 is 19.8 Å². The van der Waals surface area contributed by atoms with Crippen molar-refractivity contribution in [3.05, 3.63) is 48.0 Å². The summed E-state index contributed by atoms with van der Waals surface area (Å²) < 4.78 is 9.77. The van der Waals surface area contributed by atoms with Crippen LogP contribution in [-0.4, -0.2) is 41.1 Å². The Hall–Kier alpha value is -3.62. The molecule has 0 aliphatic heterocycles. The van der Waals surface area contributed by atoms with Crippen molar-refractivity contribution in [2.75, 3.05) is 12.4 Å². The fourth-order valence-corrected chi connectivity index (χ4v) is 2.72. The number of aromatic nitrogens is 2. The van der Waals surface area contributed by atoms with E-state index in [4.69, 9.17) is 9.15 Å². The highest BCUT2D eigenvalue weighted by molar-refractivity contribution is 6.05. The number of aromatic amines is 1. The number of hydrogen-bond donors (Lipinski definition) is 3. The van der Waals surface area contributed by atoms with Crippen molar-refractivity contribution in [1.82, 2.24) is 15.5 Å². The Morgan fingerprint density at radius 1 is 1.21 bits per heavy atom. The summed E-state index contributed by atoms with van der Waals surface area (Å²) in [5, 5.41) is 12.6.